The summed E-state index contributed by atoms with van der Waals surface area (Å²) in [7, 11) is 0. The maximum atomic E-state index is 12.8. The first kappa shape index (κ1) is 17.6. The Morgan fingerprint density at radius 2 is 2.00 bits per heavy atom. The van der Waals surface area contributed by atoms with E-state index in [-0.39, 0.29) is 12.3 Å². The van der Waals surface area contributed by atoms with Crippen LogP contribution < -0.4 is 5.32 Å². The minimum absolute atomic E-state index is 0.164. The number of hydrogen-bond donors (Lipinski definition) is 1. The average molecular weight is 382 g/mol. The van der Waals surface area contributed by atoms with E-state index in [4.69, 9.17) is 0 Å². The van der Waals surface area contributed by atoms with Crippen LogP contribution in [0.2, 0.25) is 0 Å². The summed E-state index contributed by atoms with van der Waals surface area (Å²) in [6, 6.07) is 8.98. The molecule has 0 atom stereocenters. The molecule has 2 aromatic heterocycles. The van der Waals surface area contributed by atoms with Crippen LogP contribution in [0.5, 0.6) is 0 Å². The number of aromatic nitrogens is 1. The number of carbonyl (C=O) groups is 1. The summed E-state index contributed by atoms with van der Waals surface area (Å²) < 4.78 is 38.3. The summed E-state index contributed by atoms with van der Waals surface area (Å²) >= 11 is 2.76. The van der Waals surface area contributed by atoms with Gasteiger partial charge in [0.25, 0.3) is 0 Å². The van der Waals surface area contributed by atoms with Crippen LogP contribution in [0.4, 0.5) is 18.3 Å². The van der Waals surface area contributed by atoms with Crippen LogP contribution in [0.25, 0.3) is 0 Å². The highest BCUT2D eigenvalue weighted by Gasteiger charge is 2.30. The number of hydrogen-bond acceptors (Lipinski definition) is 4. The SMILES string of the molecule is O=C(Cc1cccs1)Nc1ncc(Cc2cccc(C(F)(F)F)c2)s1. The molecular formula is C17H13F3N2OS2. The molecule has 0 unspecified atom stereocenters. The first-order chi connectivity index (χ1) is 11.9. The first-order valence-corrected chi connectivity index (χ1v) is 9.03. The Hall–Kier alpha value is -2.19. The van der Waals surface area contributed by atoms with Crippen molar-refractivity contribution in [2.24, 2.45) is 0 Å². The van der Waals surface area contributed by atoms with Gasteiger partial charge in [-0.2, -0.15) is 13.2 Å². The number of benzene rings is 1. The van der Waals surface area contributed by atoms with Gasteiger partial charge in [0, 0.05) is 22.4 Å². The van der Waals surface area contributed by atoms with Gasteiger partial charge in [0.15, 0.2) is 5.13 Å². The van der Waals surface area contributed by atoms with Gasteiger partial charge in [-0.25, -0.2) is 4.98 Å². The van der Waals surface area contributed by atoms with Crippen molar-refractivity contribution >= 4 is 33.7 Å². The smallest absolute Gasteiger partial charge is 0.302 e. The molecule has 0 aliphatic rings. The maximum absolute atomic E-state index is 12.8. The predicted octanol–water partition coefficient (Wildman–Crippen LogP) is 5.00. The zero-order chi connectivity index (χ0) is 17.9. The van der Waals surface area contributed by atoms with E-state index in [1.54, 1.807) is 12.3 Å². The third-order valence-electron chi connectivity index (χ3n) is 3.35. The number of halogens is 3. The van der Waals surface area contributed by atoms with Crippen LogP contribution >= 0.6 is 22.7 Å². The molecule has 0 aliphatic carbocycles. The fourth-order valence-electron chi connectivity index (χ4n) is 2.24. The Morgan fingerprint density at radius 1 is 1.16 bits per heavy atom. The molecule has 3 nitrogen and oxygen atoms in total. The lowest BCUT2D eigenvalue weighted by atomic mass is 10.1. The lowest BCUT2D eigenvalue weighted by molar-refractivity contribution is -0.137. The quantitative estimate of drug-likeness (QED) is 0.675. The standard InChI is InChI=1S/C17H13F3N2OS2/c18-17(19,20)12-4-1-3-11(7-12)8-14-10-21-16(25-14)22-15(23)9-13-5-2-6-24-13/h1-7,10H,8-9H2,(H,21,22,23). The van der Waals surface area contributed by atoms with E-state index in [0.717, 1.165) is 21.9 Å². The molecular weight excluding hydrogens is 369 g/mol. The third kappa shape index (κ3) is 4.90. The van der Waals surface area contributed by atoms with E-state index in [9.17, 15) is 18.0 Å². The molecule has 8 heteroatoms. The van der Waals surface area contributed by atoms with Gasteiger partial charge >= 0.3 is 6.18 Å². The number of amides is 1. The van der Waals surface area contributed by atoms with Crippen molar-refractivity contribution in [3.05, 3.63) is 68.9 Å². The van der Waals surface area contributed by atoms with Crippen molar-refractivity contribution < 1.29 is 18.0 Å². The largest absolute Gasteiger partial charge is 0.416 e. The van der Waals surface area contributed by atoms with Gasteiger partial charge in [-0.05, 0) is 23.1 Å². The Labute approximate surface area is 150 Å². The molecule has 0 radical (unpaired) electrons. The summed E-state index contributed by atoms with van der Waals surface area (Å²) in [4.78, 5) is 17.8. The molecule has 130 valence electrons. The van der Waals surface area contributed by atoms with Crippen LogP contribution in [-0.2, 0) is 23.8 Å². The van der Waals surface area contributed by atoms with Gasteiger partial charge in [-0.1, -0.05) is 24.3 Å². The highest BCUT2D eigenvalue weighted by molar-refractivity contribution is 7.15. The average Bonchev–Trinajstić information content (AvgIpc) is 3.19. The van der Waals surface area contributed by atoms with Gasteiger partial charge in [0.1, 0.15) is 0 Å². The molecule has 0 aliphatic heterocycles. The first-order valence-electron chi connectivity index (χ1n) is 7.33. The number of thiophene rings is 1. The molecule has 3 aromatic rings. The van der Waals surface area contributed by atoms with E-state index in [1.807, 2.05) is 17.5 Å². The van der Waals surface area contributed by atoms with E-state index in [1.165, 1.54) is 28.7 Å². The molecule has 0 saturated carbocycles. The second kappa shape index (κ2) is 7.37. The van der Waals surface area contributed by atoms with Gasteiger partial charge < -0.3 is 5.32 Å². The summed E-state index contributed by atoms with van der Waals surface area (Å²) in [5.74, 6) is -0.164. The lowest BCUT2D eigenvalue weighted by Gasteiger charge is -2.07. The third-order valence-corrected chi connectivity index (χ3v) is 5.14. The molecule has 1 N–H and O–H groups in total. The number of rotatable bonds is 5. The van der Waals surface area contributed by atoms with Crippen molar-refractivity contribution in [2.75, 3.05) is 5.32 Å². The number of carbonyl (C=O) groups excluding carboxylic acids is 1. The van der Waals surface area contributed by atoms with Crippen molar-refractivity contribution in [1.82, 2.24) is 4.98 Å². The zero-order valence-corrected chi connectivity index (χ0v) is 14.5. The predicted molar refractivity (Wildman–Crippen MR) is 93.0 cm³/mol. The van der Waals surface area contributed by atoms with Crippen LogP contribution in [0, 0.1) is 0 Å². The number of nitrogens with zero attached hydrogens (tertiary/aromatic N) is 1. The van der Waals surface area contributed by atoms with Crippen LogP contribution in [0.1, 0.15) is 20.9 Å². The molecule has 0 saturated heterocycles. The molecule has 0 fully saturated rings. The Kier molecular flexibility index (Phi) is 5.19. The van der Waals surface area contributed by atoms with Gasteiger partial charge in [-0.15, -0.1) is 22.7 Å². The Balaban J connectivity index is 1.63. The van der Waals surface area contributed by atoms with E-state index in [2.05, 4.69) is 10.3 Å². The number of anilines is 1. The van der Waals surface area contributed by atoms with Crippen LogP contribution in [-0.4, -0.2) is 10.9 Å². The minimum Gasteiger partial charge on any atom is -0.302 e. The van der Waals surface area contributed by atoms with E-state index >= 15 is 0 Å². The summed E-state index contributed by atoms with van der Waals surface area (Å²) in [5.41, 5.74) is -0.117. The maximum Gasteiger partial charge on any atom is 0.416 e. The van der Waals surface area contributed by atoms with Crippen molar-refractivity contribution in [2.45, 2.75) is 19.0 Å². The number of thiazole rings is 1. The topological polar surface area (TPSA) is 42.0 Å². The number of alkyl halides is 3. The van der Waals surface area contributed by atoms with E-state index in [0.29, 0.717) is 17.1 Å². The van der Waals surface area contributed by atoms with Gasteiger partial charge in [0.05, 0.1) is 12.0 Å². The zero-order valence-electron chi connectivity index (χ0n) is 12.8. The van der Waals surface area contributed by atoms with Crippen LogP contribution in [0.3, 0.4) is 0 Å². The molecule has 0 bridgehead atoms. The normalized spacial score (nSPS) is 11.5. The molecule has 25 heavy (non-hydrogen) atoms. The van der Waals surface area contributed by atoms with Gasteiger partial charge in [-0.3, -0.25) is 4.79 Å². The number of nitrogens with one attached hydrogen (secondary N) is 1. The highest BCUT2D eigenvalue weighted by atomic mass is 32.1. The highest BCUT2D eigenvalue weighted by Crippen LogP contribution is 2.30. The monoisotopic (exact) mass is 382 g/mol. The van der Waals surface area contributed by atoms with Crippen molar-refractivity contribution in [1.29, 1.82) is 0 Å². The minimum atomic E-state index is -4.36. The summed E-state index contributed by atoms with van der Waals surface area (Å²) in [5, 5.41) is 5.07. The van der Waals surface area contributed by atoms with Crippen molar-refractivity contribution in [3.63, 3.8) is 0 Å². The molecule has 3 rings (SSSR count). The summed E-state index contributed by atoms with van der Waals surface area (Å²) in [6.07, 6.45) is -2.17. The molecule has 1 aromatic carbocycles. The second-order valence-electron chi connectivity index (χ2n) is 5.31. The lowest BCUT2D eigenvalue weighted by Crippen LogP contribution is -2.13. The van der Waals surface area contributed by atoms with Crippen molar-refractivity contribution in [3.8, 4) is 0 Å². The molecule has 0 spiro atoms. The fourth-order valence-corrected chi connectivity index (χ4v) is 3.81. The molecule has 1 amide bonds. The second-order valence-corrected chi connectivity index (χ2v) is 7.46. The van der Waals surface area contributed by atoms with Crippen LogP contribution in [0.15, 0.2) is 48.0 Å². The van der Waals surface area contributed by atoms with E-state index < -0.39 is 11.7 Å². The molecule has 2 heterocycles. The Bertz CT molecular complexity index is 857. The fraction of sp³-hybridized carbons (Fsp3) is 0.176. The van der Waals surface area contributed by atoms with Gasteiger partial charge in [0.2, 0.25) is 5.91 Å². The summed E-state index contributed by atoms with van der Waals surface area (Å²) in [6.45, 7) is 0. The Morgan fingerprint density at radius 3 is 2.72 bits per heavy atom.